The number of aryl methyl sites for hydroxylation is 1. The summed E-state index contributed by atoms with van der Waals surface area (Å²) in [6.45, 7) is 1.39. The summed E-state index contributed by atoms with van der Waals surface area (Å²) in [5.41, 5.74) is -1.13. The zero-order valence-electron chi connectivity index (χ0n) is 15.0. The molecule has 0 saturated carbocycles. The smallest absolute Gasteiger partial charge is 0.433 e. The van der Waals surface area contributed by atoms with Gasteiger partial charge in [0.05, 0.1) is 39.8 Å². The summed E-state index contributed by atoms with van der Waals surface area (Å²) in [5, 5.41) is 10.8. The molecule has 3 rings (SSSR count). The van der Waals surface area contributed by atoms with Crippen molar-refractivity contribution < 1.29 is 31.5 Å². The van der Waals surface area contributed by atoms with E-state index in [9.17, 15) is 26.4 Å². The van der Waals surface area contributed by atoms with Gasteiger partial charge in [0.2, 0.25) is 0 Å². The molecule has 154 valence electrons. The summed E-state index contributed by atoms with van der Waals surface area (Å²) in [5.74, 6) is -0.308. The first-order valence-electron chi connectivity index (χ1n) is 8.07. The first kappa shape index (κ1) is 20.5. The standard InChI is InChI=1S/C16H14F3N5O4S/c1-3-29(27,28)11-4-8(22-15(25)26)6-21-13(11)14-23-9-5-12(16(17,18)19)20-7-10(9)24(14)2/h4-7,22H,3H2,1-2H3,(H,25,26). The molecular weight excluding hydrogens is 415 g/mol. The number of sulfone groups is 1. The third kappa shape index (κ3) is 3.85. The van der Waals surface area contributed by atoms with Gasteiger partial charge in [-0.1, -0.05) is 6.92 Å². The lowest BCUT2D eigenvalue weighted by Crippen LogP contribution is -2.12. The summed E-state index contributed by atoms with van der Waals surface area (Å²) >= 11 is 0. The summed E-state index contributed by atoms with van der Waals surface area (Å²) in [6.07, 6.45) is -3.99. The Morgan fingerprint density at radius 3 is 2.52 bits per heavy atom. The molecule has 0 aliphatic carbocycles. The fourth-order valence-electron chi connectivity index (χ4n) is 2.65. The number of alkyl halides is 3. The Labute approximate surface area is 162 Å². The van der Waals surface area contributed by atoms with Crippen molar-refractivity contribution >= 4 is 32.7 Å². The molecule has 0 spiro atoms. The first-order chi connectivity index (χ1) is 13.4. The van der Waals surface area contributed by atoms with Crippen molar-refractivity contribution in [3.05, 3.63) is 30.2 Å². The molecule has 2 N–H and O–H groups in total. The van der Waals surface area contributed by atoms with Gasteiger partial charge in [0.25, 0.3) is 0 Å². The van der Waals surface area contributed by atoms with E-state index in [-0.39, 0.29) is 38.9 Å². The van der Waals surface area contributed by atoms with Gasteiger partial charge in [0.1, 0.15) is 11.4 Å². The molecule has 0 fully saturated rings. The van der Waals surface area contributed by atoms with Crippen molar-refractivity contribution in [1.29, 1.82) is 0 Å². The maximum atomic E-state index is 12.9. The number of nitrogens with zero attached hydrogens (tertiary/aromatic N) is 4. The molecule has 0 unspecified atom stereocenters. The monoisotopic (exact) mass is 429 g/mol. The summed E-state index contributed by atoms with van der Waals surface area (Å²) in [4.78, 5) is 22.0. The van der Waals surface area contributed by atoms with E-state index in [1.807, 2.05) is 5.32 Å². The van der Waals surface area contributed by atoms with Crippen LogP contribution in [-0.4, -0.2) is 44.9 Å². The van der Waals surface area contributed by atoms with Crippen molar-refractivity contribution in [2.45, 2.75) is 18.0 Å². The van der Waals surface area contributed by atoms with Gasteiger partial charge in [-0.15, -0.1) is 0 Å². The van der Waals surface area contributed by atoms with Crippen molar-refractivity contribution in [2.24, 2.45) is 7.05 Å². The van der Waals surface area contributed by atoms with Crippen LogP contribution >= 0.6 is 0 Å². The van der Waals surface area contributed by atoms with Crippen LogP contribution in [0.4, 0.5) is 23.7 Å². The van der Waals surface area contributed by atoms with Crippen LogP contribution < -0.4 is 5.32 Å². The molecule has 13 heteroatoms. The van der Waals surface area contributed by atoms with E-state index in [1.165, 1.54) is 18.5 Å². The van der Waals surface area contributed by atoms with Crippen LogP contribution in [0.1, 0.15) is 12.6 Å². The van der Waals surface area contributed by atoms with Gasteiger partial charge in [0.15, 0.2) is 15.7 Å². The van der Waals surface area contributed by atoms with E-state index < -0.39 is 27.8 Å². The molecule has 0 radical (unpaired) electrons. The van der Waals surface area contributed by atoms with Gasteiger partial charge in [0, 0.05) is 7.05 Å². The number of amides is 1. The summed E-state index contributed by atoms with van der Waals surface area (Å²) in [7, 11) is -2.39. The Bertz CT molecular complexity index is 1220. The number of hydrogen-bond donors (Lipinski definition) is 2. The van der Waals surface area contributed by atoms with Crippen molar-refractivity contribution in [1.82, 2.24) is 19.5 Å². The van der Waals surface area contributed by atoms with E-state index in [2.05, 4.69) is 15.0 Å². The molecular formula is C16H14F3N5O4S. The first-order valence-corrected chi connectivity index (χ1v) is 9.72. The third-order valence-electron chi connectivity index (χ3n) is 4.09. The van der Waals surface area contributed by atoms with Gasteiger partial charge in [-0.25, -0.2) is 28.2 Å². The Hall–Kier alpha value is -3.22. The number of fused-ring (bicyclic) bond motifs is 1. The van der Waals surface area contributed by atoms with Crippen molar-refractivity contribution in [2.75, 3.05) is 11.1 Å². The Kier molecular flexibility index (Phi) is 4.94. The molecule has 0 aliphatic heterocycles. The zero-order valence-corrected chi connectivity index (χ0v) is 15.8. The predicted octanol–water partition coefficient (Wildman–Crippen LogP) is 2.93. The predicted molar refractivity (Wildman–Crippen MR) is 96.1 cm³/mol. The normalized spacial score (nSPS) is 12.3. The number of pyridine rings is 2. The number of hydrogen-bond acceptors (Lipinski definition) is 6. The van der Waals surface area contributed by atoms with Crippen molar-refractivity contribution in [3.8, 4) is 11.5 Å². The van der Waals surface area contributed by atoms with Crippen LogP contribution in [0.3, 0.4) is 0 Å². The van der Waals surface area contributed by atoms with E-state index in [0.29, 0.717) is 0 Å². The minimum Gasteiger partial charge on any atom is -0.465 e. The van der Waals surface area contributed by atoms with Crippen LogP contribution in [0.25, 0.3) is 22.6 Å². The second-order valence-electron chi connectivity index (χ2n) is 5.95. The topological polar surface area (TPSA) is 127 Å². The number of anilines is 1. The van der Waals surface area contributed by atoms with E-state index in [0.717, 1.165) is 24.5 Å². The van der Waals surface area contributed by atoms with Gasteiger partial charge in [-0.05, 0) is 12.1 Å². The number of aromatic nitrogens is 4. The number of nitrogens with one attached hydrogen (secondary N) is 1. The largest absolute Gasteiger partial charge is 0.465 e. The minimum absolute atomic E-state index is 0.00461. The maximum absolute atomic E-state index is 12.9. The highest BCUT2D eigenvalue weighted by molar-refractivity contribution is 7.91. The molecule has 0 aliphatic rings. The molecule has 9 nitrogen and oxygen atoms in total. The van der Waals surface area contributed by atoms with E-state index >= 15 is 0 Å². The SMILES string of the molecule is CCS(=O)(=O)c1cc(NC(=O)O)cnc1-c1nc2cc(C(F)(F)F)ncc2n1C. The van der Waals surface area contributed by atoms with Crippen LogP contribution in [0.2, 0.25) is 0 Å². The number of carboxylic acid groups (broad SMARTS) is 1. The molecule has 0 aromatic carbocycles. The lowest BCUT2D eigenvalue weighted by atomic mass is 10.3. The van der Waals surface area contributed by atoms with Gasteiger partial charge >= 0.3 is 12.3 Å². The van der Waals surface area contributed by atoms with Gasteiger partial charge in [-0.3, -0.25) is 5.32 Å². The van der Waals surface area contributed by atoms with Crippen molar-refractivity contribution in [3.63, 3.8) is 0 Å². The van der Waals surface area contributed by atoms with Crippen LogP contribution in [0, 0.1) is 0 Å². The minimum atomic E-state index is -4.66. The highest BCUT2D eigenvalue weighted by Gasteiger charge is 2.33. The van der Waals surface area contributed by atoms with Crippen LogP contribution in [-0.2, 0) is 23.1 Å². The van der Waals surface area contributed by atoms with E-state index in [1.54, 1.807) is 0 Å². The maximum Gasteiger partial charge on any atom is 0.433 e. The summed E-state index contributed by atoms with van der Waals surface area (Å²) < 4.78 is 65.2. The molecule has 0 bridgehead atoms. The number of rotatable bonds is 4. The fourth-order valence-corrected chi connectivity index (χ4v) is 3.71. The van der Waals surface area contributed by atoms with E-state index in [4.69, 9.17) is 5.11 Å². The number of halogens is 3. The van der Waals surface area contributed by atoms with Gasteiger partial charge in [-0.2, -0.15) is 13.2 Å². The average Bonchev–Trinajstić information content (AvgIpc) is 2.96. The summed E-state index contributed by atoms with van der Waals surface area (Å²) in [6, 6.07) is 1.85. The molecule has 29 heavy (non-hydrogen) atoms. The Balaban J connectivity index is 2.25. The molecule has 3 aromatic rings. The molecule has 3 heterocycles. The quantitative estimate of drug-likeness (QED) is 0.653. The Morgan fingerprint density at radius 2 is 1.93 bits per heavy atom. The number of imidazole rings is 1. The fraction of sp³-hybridized carbons (Fsp3) is 0.250. The third-order valence-corrected chi connectivity index (χ3v) is 5.83. The molecule has 3 aromatic heterocycles. The average molecular weight is 429 g/mol. The molecule has 1 amide bonds. The zero-order chi connectivity index (χ0) is 21.6. The second kappa shape index (κ2) is 6.99. The lowest BCUT2D eigenvalue weighted by molar-refractivity contribution is -0.141. The van der Waals surface area contributed by atoms with Crippen LogP contribution in [0.5, 0.6) is 0 Å². The second-order valence-corrected chi connectivity index (χ2v) is 8.20. The highest BCUT2D eigenvalue weighted by Crippen LogP contribution is 2.33. The van der Waals surface area contributed by atoms with Crippen LogP contribution in [0.15, 0.2) is 29.4 Å². The molecule has 0 atom stereocenters. The van der Waals surface area contributed by atoms with Gasteiger partial charge < -0.3 is 9.67 Å². The Morgan fingerprint density at radius 1 is 1.24 bits per heavy atom. The number of carbonyl (C=O) groups is 1. The molecule has 0 saturated heterocycles. The lowest BCUT2D eigenvalue weighted by Gasteiger charge is -2.11. The highest BCUT2D eigenvalue weighted by atomic mass is 32.2.